The molecule has 2 aromatic carbocycles. The van der Waals surface area contributed by atoms with Crippen molar-refractivity contribution in [2.75, 3.05) is 25.4 Å². The molecule has 0 saturated carbocycles. The SMILES string of the molecule is O=C(NCCSCc1ccccc1)C1CCN(Cc2nc(-c3cccc(Cl)c3)no2)CC1. The summed E-state index contributed by atoms with van der Waals surface area (Å²) in [7, 11) is 0. The molecule has 32 heavy (non-hydrogen) atoms. The van der Waals surface area contributed by atoms with Gasteiger partial charge < -0.3 is 9.84 Å². The van der Waals surface area contributed by atoms with Crippen molar-refractivity contribution in [1.29, 1.82) is 0 Å². The molecule has 0 spiro atoms. The van der Waals surface area contributed by atoms with E-state index in [-0.39, 0.29) is 11.8 Å². The van der Waals surface area contributed by atoms with E-state index in [1.54, 1.807) is 0 Å². The van der Waals surface area contributed by atoms with E-state index in [1.807, 2.05) is 42.1 Å². The Morgan fingerprint density at radius 2 is 1.97 bits per heavy atom. The lowest BCUT2D eigenvalue weighted by atomic mass is 9.96. The largest absolute Gasteiger partial charge is 0.355 e. The summed E-state index contributed by atoms with van der Waals surface area (Å²) in [6.07, 6.45) is 1.69. The van der Waals surface area contributed by atoms with Crippen molar-refractivity contribution in [3.63, 3.8) is 0 Å². The number of thioether (sulfide) groups is 1. The first-order chi connectivity index (χ1) is 15.7. The third-order valence-electron chi connectivity index (χ3n) is 5.53. The van der Waals surface area contributed by atoms with Gasteiger partial charge in [-0.2, -0.15) is 16.7 Å². The minimum Gasteiger partial charge on any atom is -0.355 e. The highest BCUT2D eigenvalue weighted by Gasteiger charge is 2.25. The molecule has 0 bridgehead atoms. The number of aromatic nitrogens is 2. The van der Waals surface area contributed by atoms with Crippen molar-refractivity contribution >= 4 is 29.3 Å². The summed E-state index contributed by atoms with van der Waals surface area (Å²) in [5.74, 6) is 3.27. The fourth-order valence-electron chi connectivity index (χ4n) is 3.76. The zero-order valence-corrected chi connectivity index (χ0v) is 19.4. The monoisotopic (exact) mass is 470 g/mol. The van der Waals surface area contributed by atoms with E-state index in [1.165, 1.54) is 5.56 Å². The van der Waals surface area contributed by atoms with E-state index in [0.29, 0.717) is 29.8 Å². The van der Waals surface area contributed by atoms with Crippen molar-refractivity contribution in [3.05, 3.63) is 71.1 Å². The normalized spacial score (nSPS) is 15.0. The molecule has 0 radical (unpaired) electrons. The van der Waals surface area contributed by atoms with Crippen molar-refractivity contribution in [3.8, 4) is 11.4 Å². The molecule has 1 fully saturated rings. The quantitative estimate of drug-likeness (QED) is 0.459. The summed E-state index contributed by atoms with van der Waals surface area (Å²) in [6, 6.07) is 17.8. The molecule has 2 heterocycles. The third-order valence-corrected chi connectivity index (χ3v) is 6.79. The molecule has 1 aromatic heterocycles. The molecule has 1 amide bonds. The second kappa shape index (κ2) is 11.5. The number of nitrogens with zero attached hydrogens (tertiary/aromatic N) is 3. The maximum atomic E-state index is 12.5. The molecule has 168 valence electrons. The Labute approximate surface area is 197 Å². The highest BCUT2D eigenvalue weighted by atomic mass is 35.5. The third kappa shape index (κ3) is 6.58. The lowest BCUT2D eigenvalue weighted by molar-refractivity contribution is -0.126. The number of carbonyl (C=O) groups excluding carboxylic acids is 1. The number of halogens is 1. The second-order valence-electron chi connectivity index (χ2n) is 7.90. The fraction of sp³-hybridized carbons (Fsp3) is 0.375. The minimum absolute atomic E-state index is 0.0788. The number of hydrogen-bond acceptors (Lipinski definition) is 6. The summed E-state index contributed by atoms with van der Waals surface area (Å²) in [6.45, 7) is 2.99. The number of nitrogens with one attached hydrogen (secondary N) is 1. The average Bonchev–Trinajstić information content (AvgIpc) is 3.28. The molecule has 6 nitrogen and oxygen atoms in total. The van der Waals surface area contributed by atoms with E-state index < -0.39 is 0 Å². The van der Waals surface area contributed by atoms with Crippen molar-refractivity contribution in [2.45, 2.75) is 25.1 Å². The second-order valence-corrected chi connectivity index (χ2v) is 9.44. The van der Waals surface area contributed by atoms with Gasteiger partial charge in [0.05, 0.1) is 6.54 Å². The number of amides is 1. The molecule has 8 heteroatoms. The maximum absolute atomic E-state index is 12.5. The van der Waals surface area contributed by atoms with Crippen LogP contribution in [0.4, 0.5) is 0 Å². The van der Waals surface area contributed by atoms with Crippen LogP contribution in [-0.2, 0) is 17.1 Å². The molecule has 3 aromatic rings. The number of piperidine rings is 1. The molecular formula is C24H27ClN4O2S. The van der Waals surface area contributed by atoms with Crippen LogP contribution in [0.15, 0.2) is 59.1 Å². The summed E-state index contributed by atoms with van der Waals surface area (Å²) in [4.78, 5) is 19.2. The highest BCUT2D eigenvalue weighted by Crippen LogP contribution is 2.22. The molecule has 1 N–H and O–H groups in total. The van der Waals surface area contributed by atoms with Crippen LogP contribution in [-0.4, -0.2) is 46.3 Å². The van der Waals surface area contributed by atoms with Crippen LogP contribution in [0.3, 0.4) is 0 Å². The van der Waals surface area contributed by atoms with Gasteiger partial charge in [-0.3, -0.25) is 9.69 Å². The zero-order chi connectivity index (χ0) is 22.2. The first-order valence-corrected chi connectivity index (χ1v) is 12.4. The molecule has 0 atom stereocenters. The Balaban J connectivity index is 1.15. The predicted molar refractivity (Wildman–Crippen MR) is 128 cm³/mol. The van der Waals surface area contributed by atoms with Crippen LogP contribution in [0.25, 0.3) is 11.4 Å². The molecule has 4 rings (SSSR count). The molecule has 1 saturated heterocycles. The van der Waals surface area contributed by atoms with Gasteiger partial charge in [0.25, 0.3) is 0 Å². The summed E-state index contributed by atoms with van der Waals surface area (Å²) in [5, 5.41) is 7.81. The number of benzene rings is 2. The maximum Gasteiger partial charge on any atom is 0.241 e. The standard InChI is InChI=1S/C24H27ClN4O2S/c25-21-8-4-7-20(15-21)23-27-22(31-28-23)16-29-12-9-19(10-13-29)24(30)26-11-14-32-17-18-5-2-1-3-6-18/h1-8,15,19H,9-14,16-17H2,(H,26,30). The Kier molecular flexibility index (Phi) is 8.20. The smallest absolute Gasteiger partial charge is 0.241 e. The van der Waals surface area contributed by atoms with Gasteiger partial charge in [0.15, 0.2) is 0 Å². The van der Waals surface area contributed by atoms with Crippen LogP contribution in [0.2, 0.25) is 5.02 Å². The van der Waals surface area contributed by atoms with Crippen molar-refractivity contribution in [2.24, 2.45) is 5.92 Å². The fourth-order valence-corrected chi connectivity index (χ4v) is 4.77. The summed E-state index contributed by atoms with van der Waals surface area (Å²) >= 11 is 7.88. The number of rotatable bonds is 9. The Bertz CT molecular complexity index is 1010. The van der Waals surface area contributed by atoms with Gasteiger partial charge in [0, 0.05) is 34.6 Å². The van der Waals surface area contributed by atoms with Crippen LogP contribution < -0.4 is 5.32 Å². The van der Waals surface area contributed by atoms with E-state index in [9.17, 15) is 4.79 Å². The molecule has 1 aliphatic heterocycles. The topological polar surface area (TPSA) is 71.3 Å². The van der Waals surface area contributed by atoms with Crippen LogP contribution in [0, 0.1) is 5.92 Å². The molecule has 1 aliphatic rings. The van der Waals surface area contributed by atoms with E-state index in [2.05, 4.69) is 44.6 Å². The van der Waals surface area contributed by atoms with Crippen molar-refractivity contribution < 1.29 is 9.32 Å². The van der Waals surface area contributed by atoms with Gasteiger partial charge in [-0.05, 0) is 43.6 Å². The Morgan fingerprint density at radius 3 is 2.75 bits per heavy atom. The average molecular weight is 471 g/mol. The number of likely N-dealkylation sites (tertiary alicyclic amines) is 1. The summed E-state index contributed by atoms with van der Waals surface area (Å²) < 4.78 is 5.42. The van der Waals surface area contributed by atoms with Crippen molar-refractivity contribution in [1.82, 2.24) is 20.4 Å². The van der Waals surface area contributed by atoms with Crippen LogP contribution in [0.1, 0.15) is 24.3 Å². The van der Waals surface area contributed by atoms with Crippen LogP contribution >= 0.6 is 23.4 Å². The van der Waals surface area contributed by atoms with E-state index in [0.717, 1.165) is 43.0 Å². The number of carbonyl (C=O) groups is 1. The molecular weight excluding hydrogens is 444 g/mol. The Hall–Kier alpha value is -2.35. The van der Waals surface area contributed by atoms with Crippen LogP contribution in [0.5, 0.6) is 0 Å². The lowest BCUT2D eigenvalue weighted by Gasteiger charge is -2.30. The van der Waals surface area contributed by atoms with Gasteiger partial charge >= 0.3 is 0 Å². The van der Waals surface area contributed by atoms with Gasteiger partial charge in [-0.25, -0.2) is 0 Å². The minimum atomic E-state index is 0.0788. The Morgan fingerprint density at radius 1 is 1.16 bits per heavy atom. The van der Waals surface area contributed by atoms with Gasteiger partial charge in [-0.15, -0.1) is 0 Å². The predicted octanol–water partition coefficient (Wildman–Crippen LogP) is 4.65. The zero-order valence-electron chi connectivity index (χ0n) is 17.9. The number of hydrogen-bond donors (Lipinski definition) is 1. The first-order valence-electron chi connectivity index (χ1n) is 10.9. The van der Waals surface area contributed by atoms with E-state index >= 15 is 0 Å². The molecule has 0 unspecified atom stereocenters. The van der Waals surface area contributed by atoms with Gasteiger partial charge in [0.2, 0.25) is 17.6 Å². The highest BCUT2D eigenvalue weighted by molar-refractivity contribution is 7.98. The lowest BCUT2D eigenvalue weighted by Crippen LogP contribution is -2.40. The summed E-state index contributed by atoms with van der Waals surface area (Å²) in [5.41, 5.74) is 2.15. The van der Waals surface area contributed by atoms with E-state index in [4.69, 9.17) is 16.1 Å². The first kappa shape index (κ1) is 22.8. The van der Waals surface area contributed by atoms with Gasteiger partial charge in [0.1, 0.15) is 0 Å². The molecule has 0 aliphatic carbocycles. The van der Waals surface area contributed by atoms with Gasteiger partial charge in [-0.1, -0.05) is 59.2 Å².